The lowest BCUT2D eigenvalue weighted by Crippen LogP contribution is -2.35. The minimum Gasteiger partial charge on any atom is -0.494 e. The standard InChI is InChI=1S/C23H29F2N5O4/c1-13-15(7-8-16(31)28-10-9-23(24,25)12-28)19-29(11-22(2,3)4)20(33)17(21(34)30(19)27-13)18(32)26-14-5-6-14/h7-8,14,33H,5-6,9-12H2,1-4H3,(H,26,32). The summed E-state index contributed by atoms with van der Waals surface area (Å²) in [6.45, 7) is 6.98. The van der Waals surface area contributed by atoms with E-state index in [1.807, 2.05) is 20.8 Å². The Morgan fingerprint density at radius 3 is 2.53 bits per heavy atom. The minimum absolute atomic E-state index is 0.0140. The van der Waals surface area contributed by atoms with Gasteiger partial charge in [0.15, 0.2) is 5.56 Å². The third kappa shape index (κ3) is 4.69. The van der Waals surface area contributed by atoms with Crippen LogP contribution in [0.3, 0.4) is 0 Å². The van der Waals surface area contributed by atoms with Gasteiger partial charge in [0, 0.05) is 37.2 Å². The van der Waals surface area contributed by atoms with Crippen LogP contribution in [0.1, 0.15) is 61.6 Å². The highest BCUT2D eigenvalue weighted by Gasteiger charge is 2.39. The van der Waals surface area contributed by atoms with E-state index >= 15 is 0 Å². The summed E-state index contributed by atoms with van der Waals surface area (Å²) in [4.78, 5) is 39.5. The lowest BCUT2D eigenvalue weighted by molar-refractivity contribution is -0.126. The summed E-state index contributed by atoms with van der Waals surface area (Å²) in [7, 11) is 0. The zero-order valence-corrected chi connectivity index (χ0v) is 19.7. The van der Waals surface area contributed by atoms with Gasteiger partial charge in [-0.25, -0.2) is 8.78 Å². The number of likely N-dealkylation sites (tertiary alicyclic amines) is 1. The number of alkyl halides is 2. The number of carbonyl (C=O) groups excluding carboxylic acids is 2. The van der Waals surface area contributed by atoms with Crippen LogP contribution >= 0.6 is 0 Å². The molecule has 2 N–H and O–H groups in total. The maximum absolute atomic E-state index is 13.5. The molecule has 2 amide bonds. The van der Waals surface area contributed by atoms with Crippen LogP contribution in [0.25, 0.3) is 11.7 Å². The van der Waals surface area contributed by atoms with Crippen LogP contribution in [0.2, 0.25) is 0 Å². The van der Waals surface area contributed by atoms with Gasteiger partial charge in [0.1, 0.15) is 5.65 Å². The Balaban J connectivity index is 1.82. The molecule has 4 rings (SSSR count). The van der Waals surface area contributed by atoms with Crippen molar-refractivity contribution in [2.75, 3.05) is 13.1 Å². The number of amides is 2. The second-order valence-electron chi connectivity index (χ2n) is 10.3. The first kappa shape index (κ1) is 23.9. The van der Waals surface area contributed by atoms with Gasteiger partial charge in [-0.15, -0.1) is 0 Å². The summed E-state index contributed by atoms with van der Waals surface area (Å²) in [5.41, 5.74) is -0.539. The van der Waals surface area contributed by atoms with Crippen molar-refractivity contribution in [1.82, 2.24) is 24.4 Å². The fraction of sp³-hybridized carbons (Fsp3) is 0.565. The molecule has 2 aromatic rings. The molecule has 9 nitrogen and oxygen atoms in total. The minimum atomic E-state index is -2.90. The summed E-state index contributed by atoms with van der Waals surface area (Å²) < 4.78 is 29.5. The fourth-order valence-corrected chi connectivity index (χ4v) is 4.05. The van der Waals surface area contributed by atoms with E-state index in [0.29, 0.717) is 11.3 Å². The molecule has 0 bridgehead atoms. The first-order chi connectivity index (χ1) is 15.8. The number of hydrogen-bond acceptors (Lipinski definition) is 5. The molecule has 11 heteroatoms. The second kappa shape index (κ2) is 8.21. The summed E-state index contributed by atoms with van der Waals surface area (Å²) in [5, 5.41) is 18.1. The van der Waals surface area contributed by atoms with Crippen LogP contribution in [-0.4, -0.2) is 61.1 Å². The van der Waals surface area contributed by atoms with Crippen molar-refractivity contribution in [2.45, 2.75) is 65.5 Å². The number of halogens is 2. The van der Waals surface area contributed by atoms with E-state index < -0.39 is 41.3 Å². The predicted molar refractivity (Wildman–Crippen MR) is 121 cm³/mol. The third-order valence-electron chi connectivity index (χ3n) is 5.87. The van der Waals surface area contributed by atoms with Crippen molar-refractivity contribution in [1.29, 1.82) is 0 Å². The molecule has 184 valence electrons. The van der Waals surface area contributed by atoms with Gasteiger partial charge in [0.05, 0.1) is 12.2 Å². The monoisotopic (exact) mass is 477 g/mol. The number of aromatic hydroxyl groups is 1. The quantitative estimate of drug-likeness (QED) is 0.643. The van der Waals surface area contributed by atoms with Crippen LogP contribution in [0.4, 0.5) is 8.78 Å². The Morgan fingerprint density at radius 2 is 1.97 bits per heavy atom. The van der Waals surface area contributed by atoms with Crippen LogP contribution in [-0.2, 0) is 11.3 Å². The molecule has 0 aromatic carbocycles. The first-order valence-electron chi connectivity index (χ1n) is 11.3. The van der Waals surface area contributed by atoms with Gasteiger partial charge in [-0.3, -0.25) is 19.0 Å². The van der Waals surface area contributed by atoms with E-state index in [2.05, 4.69) is 10.4 Å². The zero-order chi connectivity index (χ0) is 25.0. The molecule has 0 unspecified atom stereocenters. The van der Waals surface area contributed by atoms with Gasteiger partial charge in [0.2, 0.25) is 11.8 Å². The number of carbonyl (C=O) groups is 2. The molecule has 1 saturated carbocycles. The van der Waals surface area contributed by atoms with Gasteiger partial charge in [0.25, 0.3) is 17.4 Å². The first-order valence-corrected chi connectivity index (χ1v) is 11.3. The van der Waals surface area contributed by atoms with Crippen LogP contribution in [0.15, 0.2) is 10.9 Å². The number of nitrogens with one attached hydrogen (secondary N) is 1. The van der Waals surface area contributed by atoms with Gasteiger partial charge >= 0.3 is 0 Å². The zero-order valence-electron chi connectivity index (χ0n) is 19.7. The Bertz CT molecular complexity index is 1250. The lowest BCUT2D eigenvalue weighted by Gasteiger charge is -2.23. The summed E-state index contributed by atoms with van der Waals surface area (Å²) in [6, 6.07) is -0.0140. The highest BCUT2D eigenvalue weighted by molar-refractivity contribution is 5.97. The third-order valence-corrected chi connectivity index (χ3v) is 5.87. The Hall–Kier alpha value is -3.24. The smallest absolute Gasteiger partial charge is 0.291 e. The van der Waals surface area contributed by atoms with Crippen molar-refractivity contribution in [3.05, 3.63) is 33.3 Å². The number of fused-ring (bicyclic) bond motifs is 1. The molecule has 1 aliphatic carbocycles. The summed E-state index contributed by atoms with van der Waals surface area (Å²) in [5.74, 6) is -4.62. The molecule has 3 heterocycles. The normalized spacial score (nSPS) is 18.2. The average molecular weight is 478 g/mol. The molecular formula is C23H29F2N5O4. The summed E-state index contributed by atoms with van der Waals surface area (Å²) >= 11 is 0. The number of aryl methyl sites for hydroxylation is 1. The molecule has 2 fully saturated rings. The fourth-order valence-electron chi connectivity index (χ4n) is 4.05. The second-order valence-corrected chi connectivity index (χ2v) is 10.3. The van der Waals surface area contributed by atoms with Gasteiger partial charge < -0.3 is 15.3 Å². The molecule has 0 atom stereocenters. The SMILES string of the molecule is Cc1nn2c(=O)c(C(=O)NC3CC3)c(O)n(CC(C)(C)C)c2c1C=CC(=O)N1CCC(F)(F)C1. The molecule has 0 spiro atoms. The van der Waals surface area contributed by atoms with Gasteiger partial charge in [-0.1, -0.05) is 20.8 Å². The summed E-state index contributed by atoms with van der Waals surface area (Å²) in [6.07, 6.45) is 3.84. The van der Waals surface area contributed by atoms with Gasteiger partial charge in [-0.2, -0.15) is 9.61 Å². The Morgan fingerprint density at radius 1 is 1.29 bits per heavy atom. The maximum Gasteiger partial charge on any atom is 0.291 e. The number of hydrogen-bond donors (Lipinski definition) is 2. The lowest BCUT2D eigenvalue weighted by atomic mass is 9.96. The number of aromatic nitrogens is 3. The van der Waals surface area contributed by atoms with Crippen molar-refractivity contribution in [2.24, 2.45) is 5.41 Å². The van der Waals surface area contributed by atoms with Crippen molar-refractivity contribution < 1.29 is 23.5 Å². The predicted octanol–water partition coefficient (Wildman–Crippen LogP) is 2.33. The number of rotatable bonds is 5. The molecule has 2 aliphatic rings. The maximum atomic E-state index is 13.5. The van der Waals surface area contributed by atoms with Crippen LogP contribution in [0, 0.1) is 12.3 Å². The molecule has 34 heavy (non-hydrogen) atoms. The van der Waals surface area contributed by atoms with Gasteiger partial charge in [-0.05, 0) is 31.3 Å². The average Bonchev–Trinajstić information content (AvgIpc) is 3.35. The van der Waals surface area contributed by atoms with Crippen molar-refractivity contribution >= 4 is 23.5 Å². The highest BCUT2D eigenvalue weighted by atomic mass is 19.3. The number of nitrogens with zero attached hydrogens (tertiary/aromatic N) is 4. The van der Waals surface area contributed by atoms with Crippen LogP contribution < -0.4 is 10.9 Å². The largest absolute Gasteiger partial charge is 0.494 e. The molecule has 1 saturated heterocycles. The van der Waals surface area contributed by atoms with E-state index in [0.717, 1.165) is 22.3 Å². The Labute approximate surface area is 195 Å². The van der Waals surface area contributed by atoms with E-state index in [4.69, 9.17) is 0 Å². The van der Waals surface area contributed by atoms with E-state index in [1.165, 1.54) is 16.7 Å². The Kier molecular flexibility index (Phi) is 5.77. The molecule has 0 radical (unpaired) electrons. The van der Waals surface area contributed by atoms with E-state index in [1.54, 1.807) is 6.92 Å². The topological polar surface area (TPSA) is 109 Å². The van der Waals surface area contributed by atoms with E-state index in [-0.39, 0.29) is 36.6 Å². The van der Waals surface area contributed by atoms with E-state index in [9.17, 15) is 28.3 Å². The molecular weight excluding hydrogens is 448 g/mol. The van der Waals surface area contributed by atoms with Crippen LogP contribution in [0.5, 0.6) is 5.88 Å². The molecule has 2 aromatic heterocycles. The van der Waals surface area contributed by atoms with Crippen molar-refractivity contribution in [3.8, 4) is 5.88 Å². The molecule has 1 aliphatic heterocycles. The highest BCUT2D eigenvalue weighted by Crippen LogP contribution is 2.30. The van der Waals surface area contributed by atoms with Crippen molar-refractivity contribution in [3.63, 3.8) is 0 Å².